The number of nitrogens with one attached hydrogen (secondary N) is 1. The highest BCUT2D eigenvalue weighted by Gasteiger charge is 2.35. The first-order chi connectivity index (χ1) is 23.1. The Hall–Kier alpha value is -5.03. The Morgan fingerprint density at radius 1 is 0.792 bits per heavy atom. The largest absolute Gasteiger partial charge is 0.497 e. The number of hydrogen-bond donors (Lipinski definition) is 1. The maximum Gasteiger partial charge on any atom is 0.264 e. The van der Waals surface area contributed by atoms with Crippen LogP contribution >= 0.6 is 0 Å². The van der Waals surface area contributed by atoms with Gasteiger partial charge >= 0.3 is 0 Å². The van der Waals surface area contributed by atoms with Crippen LogP contribution in [0.25, 0.3) is 0 Å². The second-order valence-corrected chi connectivity index (χ2v) is 13.1. The summed E-state index contributed by atoms with van der Waals surface area (Å²) in [5.74, 6) is 0.286. The van der Waals surface area contributed by atoms with Crippen LogP contribution in [0.3, 0.4) is 0 Å². The van der Waals surface area contributed by atoms with E-state index in [2.05, 4.69) is 5.32 Å². The van der Waals surface area contributed by atoms with Gasteiger partial charge in [0, 0.05) is 25.6 Å². The summed E-state index contributed by atoms with van der Waals surface area (Å²) in [5.41, 5.74) is 2.78. The molecule has 0 aliphatic heterocycles. The average molecular weight is 674 g/mol. The fraction of sp³-hybridized carbons (Fsp3) is 0.297. The highest BCUT2D eigenvalue weighted by molar-refractivity contribution is 7.92. The number of ether oxygens (including phenoxy) is 3. The van der Waals surface area contributed by atoms with Crippen LogP contribution in [0.2, 0.25) is 0 Å². The number of benzene rings is 4. The summed E-state index contributed by atoms with van der Waals surface area (Å²) in [4.78, 5) is 29.8. The molecule has 48 heavy (non-hydrogen) atoms. The summed E-state index contributed by atoms with van der Waals surface area (Å²) in [6, 6.07) is 26.9. The number of anilines is 1. The van der Waals surface area contributed by atoms with Gasteiger partial charge in [-0.05, 0) is 60.9 Å². The van der Waals surface area contributed by atoms with Gasteiger partial charge < -0.3 is 24.4 Å². The highest BCUT2D eigenvalue weighted by Crippen LogP contribution is 2.32. The third kappa shape index (κ3) is 8.86. The maximum absolute atomic E-state index is 14.6. The summed E-state index contributed by atoms with van der Waals surface area (Å²) in [5, 5.41) is 2.95. The second-order valence-electron chi connectivity index (χ2n) is 11.2. The molecule has 0 radical (unpaired) electrons. The van der Waals surface area contributed by atoms with E-state index in [0.717, 1.165) is 15.4 Å². The fourth-order valence-corrected chi connectivity index (χ4v) is 6.66. The van der Waals surface area contributed by atoms with Gasteiger partial charge in [-0.25, -0.2) is 8.42 Å². The van der Waals surface area contributed by atoms with Gasteiger partial charge in [0.2, 0.25) is 11.8 Å². The van der Waals surface area contributed by atoms with E-state index in [1.807, 2.05) is 50.2 Å². The van der Waals surface area contributed by atoms with Crippen molar-refractivity contribution in [2.45, 2.75) is 44.2 Å². The van der Waals surface area contributed by atoms with E-state index in [1.165, 1.54) is 37.3 Å². The minimum Gasteiger partial charge on any atom is -0.497 e. The molecule has 0 aromatic heterocycles. The molecule has 0 fully saturated rings. The SMILES string of the molecule is CCCNC(=O)C(Cc1ccccc1)N(Cc1cccc(OC)c1)C(=O)CN(c1ccc(C)cc1)S(=O)(=O)c1ccc(OC)c(OC)c1. The summed E-state index contributed by atoms with van der Waals surface area (Å²) in [6.45, 7) is 3.72. The Morgan fingerprint density at radius 2 is 1.48 bits per heavy atom. The zero-order valence-corrected chi connectivity index (χ0v) is 28.8. The third-order valence-corrected chi connectivity index (χ3v) is 9.62. The first kappa shape index (κ1) is 35.8. The smallest absolute Gasteiger partial charge is 0.264 e. The minimum atomic E-state index is -4.33. The van der Waals surface area contributed by atoms with Gasteiger partial charge in [0.1, 0.15) is 18.3 Å². The number of nitrogens with zero attached hydrogens (tertiary/aromatic N) is 2. The molecule has 10 nitrogen and oxygen atoms in total. The molecule has 4 rings (SSSR count). The standard InChI is InChI=1S/C37H43N3O7S/c1-6-21-38-37(42)33(23-28-11-8-7-9-12-28)39(25-29-13-10-14-31(22-29)45-3)36(41)26-40(30-17-15-27(2)16-18-30)48(43,44)32-19-20-34(46-4)35(24-32)47-5/h7-20,22,24,33H,6,21,23,25-26H2,1-5H3,(H,38,42). The van der Waals surface area contributed by atoms with Crippen LogP contribution in [-0.4, -0.2) is 65.6 Å². The molecule has 0 saturated carbocycles. The quantitative estimate of drug-likeness (QED) is 0.170. The maximum atomic E-state index is 14.6. The summed E-state index contributed by atoms with van der Waals surface area (Å²) < 4.78 is 46.0. The van der Waals surface area contributed by atoms with Crippen LogP contribution in [0.15, 0.2) is 102 Å². The number of methoxy groups -OCH3 is 3. The molecule has 0 heterocycles. The van der Waals surface area contributed by atoms with Crippen LogP contribution < -0.4 is 23.8 Å². The second kappa shape index (κ2) is 16.7. The summed E-state index contributed by atoms with van der Waals surface area (Å²) in [7, 11) is 0.107. The number of rotatable bonds is 16. The molecule has 2 amide bonds. The number of carbonyl (C=O) groups excluding carboxylic acids is 2. The van der Waals surface area contributed by atoms with E-state index in [1.54, 1.807) is 49.6 Å². The lowest BCUT2D eigenvalue weighted by atomic mass is 10.0. The fourth-order valence-electron chi connectivity index (χ4n) is 5.23. The first-order valence-corrected chi connectivity index (χ1v) is 17.1. The summed E-state index contributed by atoms with van der Waals surface area (Å²) in [6.07, 6.45) is 0.928. The van der Waals surface area contributed by atoms with Crippen molar-refractivity contribution in [1.29, 1.82) is 0 Å². The average Bonchev–Trinajstić information content (AvgIpc) is 3.11. The lowest BCUT2D eigenvalue weighted by molar-refractivity contribution is -0.140. The Kier molecular flexibility index (Phi) is 12.5. The molecule has 11 heteroatoms. The van der Waals surface area contributed by atoms with Gasteiger partial charge in [-0.1, -0.05) is 67.1 Å². The Balaban J connectivity index is 1.82. The molecule has 0 aliphatic carbocycles. The number of hydrogen-bond acceptors (Lipinski definition) is 7. The topological polar surface area (TPSA) is 114 Å². The van der Waals surface area contributed by atoms with Crippen molar-refractivity contribution in [3.63, 3.8) is 0 Å². The van der Waals surface area contributed by atoms with Crippen molar-refractivity contribution in [1.82, 2.24) is 10.2 Å². The third-order valence-electron chi connectivity index (χ3n) is 7.85. The van der Waals surface area contributed by atoms with Crippen LogP contribution in [-0.2, 0) is 32.6 Å². The van der Waals surface area contributed by atoms with Crippen molar-refractivity contribution in [3.8, 4) is 17.2 Å². The van der Waals surface area contributed by atoms with Gasteiger partial charge in [0.15, 0.2) is 11.5 Å². The molecular weight excluding hydrogens is 630 g/mol. The monoisotopic (exact) mass is 673 g/mol. The Morgan fingerprint density at radius 3 is 2.12 bits per heavy atom. The first-order valence-electron chi connectivity index (χ1n) is 15.7. The number of sulfonamides is 1. The van der Waals surface area contributed by atoms with E-state index < -0.39 is 28.5 Å². The molecule has 0 aliphatic rings. The molecular formula is C37H43N3O7S. The van der Waals surface area contributed by atoms with Gasteiger partial charge in [0.25, 0.3) is 10.0 Å². The Bertz CT molecular complexity index is 1780. The van der Waals surface area contributed by atoms with Gasteiger partial charge in [0.05, 0.1) is 31.9 Å². The predicted octanol–water partition coefficient (Wildman–Crippen LogP) is 5.38. The molecule has 0 saturated heterocycles. The van der Waals surface area contributed by atoms with Gasteiger partial charge in [-0.2, -0.15) is 0 Å². The van der Waals surface area contributed by atoms with Crippen molar-refractivity contribution < 1.29 is 32.2 Å². The van der Waals surface area contributed by atoms with Crippen molar-refractivity contribution in [2.75, 3.05) is 38.7 Å². The molecule has 4 aromatic rings. The van der Waals surface area contributed by atoms with E-state index in [9.17, 15) is 18.0 Å². The highest BCUT2D eigenvalue weighted by atomic mass is 32.2. The van der Waals surface area contributed by atoms with Gasteiger partial charge in [-0.3, -0.25) is 13.9 Å². The van der Waals surface area contributed by atoms with Crippen molar-refractivity contribution in [3.05, 3.63) is 114 Å². The lowest BCUT2D eigenvalue weighted by Gasteiger charge is -2.34. The molecule has 0 spiro atoms. The molecule has 254 valence electrons. The van der Waals surface area contributed by atoms with Crippen LogP contribution in [0.4, 0.5) is 5.69 Å². The number of amides is 2. The lowest BCUT2D eigenvalue weighted by Crippen LogP contribution is -2.53. The van der Waals surface area contributed by atoms with Gasteiger partial charge in [-0.15, -0.1) is 0 Å². The van der Waals surface area contributed by atoms with Crippen molar-refractivity contribution in [2.24, 2.45) is 0 Å². The van der Waals surface area contributed by atoms with E-state index >= 15 is 0 Å². The van der Waals surface area contributed by atoms with Crippen LogP contribution in [0.1, 0.15) is 30.0 Å². The normalized spacial score (nSPS) is 11.7. The van der Waals surface area contributed by atoms with E-state index in [-0.39, 0.29) is 29.5 Å². The van der Waals surface area contributed by atoms with E-state index in [0.29, 0.717) is 35.7 Å². The molecule has 1 N–H and O–H groups in total. The Labute approximate surface area is 283 Å². The molecule has 0 bridgehead atoms. The van der Waals surface area contributed by atoms with E-state index in [4.69, 9.17) is 14.2 Å². The minimum absolute atomic E-state index is 0.0330. The number of aryl methyl sites for hydroxylation is 1. The van der Waals surface area contributed by atoms with Crippen LogP contribution in [0.5, 0.6) is 17.2 Å². The molecule has 4 aromatic carbocycles. The van der Waals surface area contributed by atoms with Crippen LogP contribution in [0, 0.1) is 6.92 Å². The van der Waals surface area contributed by atoms with Crippen molar-refractivity contribution >= 4 is 27.5 Å². The molecule has 1 atom stereocenters. The summed E-state index contributed by atoms with van der Waals surface area (Å²) >= 11 is 0. The molecule has 1 unspecified atom stereocenters. The zero-order valence-electron chi connectivity index (χ0n) is 28.0. The predicted molar refractivity (Wildman–Crippen MR) is 186 cm³/mol. The number of carbonyl (C=O) groups is 2. The zero-order chi connectivity index (χ0) is 34.7.